The molecule has 0 fully saturated rings. The van der Waals surface area contributed by atoms with Gasteiger partial charge in [0, 0.05) is 17.3 Å². The van der Waals surface area contributed by atoms with Crippen LogP contribution in [0.25, 0.3) is 16.9 Å². The van der Waals surface area contributed by atoms with Crippen LogP contribution in [0.1, 0.15) is 11.6 Å². The monoisotopic (exact) mass is 440 g/mol. The van der Waals surface area contributed by atoms with Crippen molar-refractivity contribution in [2.45, 2.75) is 10.9 Å². The van der Waals surface area contributed by atoms with Crippen LogP contribution >= 0.6 is 11.6 Å². The van der Waals surface area contributed by atoms with Gasteiger partial charge in [-0.25, -0.2) is 18.1 Å². The lowest BCUT2D eigenvalue weighted by atomic mass is 10.1. The number of nitrogens with two attached hydrogens (primary N) is 1. The number of benzene rings is 2. The molecule has 0 aliphatic heterocycles. The van der Waals surface area contributed by atoms with Gasteiger partial charge in [0.2, 0.25) is 5.65 Å². The van der Waals surface area contributed by atoms with Gasteiger partial charge in [0.15, 0.2) is 0 Å². The fourth-order valence-electron chi connectivity index (χ4n) is 2.92. The minimum absolute atomic E-state index is 0.0912. The summed E-state index contributed by atoms with van der Waals surface area (Å²) < 4.78 is 30.0. The van der Waals surface area contributed by atoms with Crippen molar-refractivity contribution in [2.24, 2.45) is 5.73 Å². The third-order valence-corrected chi connectivity index (χ3v) is 6.10. The molecule has 8 nitrogen and oxygen atoms in total. The van der Waals surface area contributed by atoms with Crippen molar-refractivity contribution in [2.75, 3.05) is 4.72 Å². The summed E-state index contributed by atoms with van der Waals surface area (Å²) in [5, 5.41) is 8.53. The van der Waals surface area contributed by atoms with E-state index in [1.54, 1.807) is 54.7 Å². The molecule has 0 saturated heterocycles. The zero-order valence-corrected chi connectivity index (χ0v) is 17.2. The van der Waals surface area contributed by atoms with Crippen molar-refractivity contribution in [1.29, 1.82) is 0 Å². The summed E-state index contributed by atoms with van der Waals surface area (Å²) in [7, 11) is -3.88. The average molecular weight is 441 g/mol. The van der Waals surface area contributed by atoms with Gasteiger partial charge in [-0.15, -0.1) is 11.7 Å². The van der Waals surface area contributed by atoms with E-state index in [0.717, 1.165) is 5.56 Å². The number of nitrogens with one attached hydrogen (secondary N) is 1. The number of pyridine rings is 1. The van der Waals surface area contributed by atoms with Gasteiger partial charge in [-0.2, -0.15) is 0 Å². The smallest absolute Gasteiger partial charge is 0.261 e. The molecule has 1 atom stereocenters. The third-order valence-electron chi connectivity index (χ3n) is 4.48. The number of nitrogens with zero attached hydrogens (tertiary/aromatic N) is 4. The highest BCUT2D eigenvalue weighted by atomic mass is 35.5. The normalized spacial score (nSPS) is 12.6. The second-order valence-electron chi connectivity index (χ2n) is 6.44. The number of anilines is 1. The van der Waals surface area contributed by atoms with Crippen LogP contribution in [0.5, 0.6) is 0 Å². The first-order chi connectivity index (χ1) is 14.4. The molecule has 3 N–H and O–H groups in total. The molecule has 2 heterocycles. The van der Waals surface area contributed by atoms with Crippen LogP contribution < -0.4 is 10.5 Å². The Hall–Kier alpha value is -3.27. The molecule has 0 spiro atoms. The van der Waals surface area contributed by atoms with Gasteiger partial charge in [-0.05, 0) is 48.0 Å². The second-order valence-corrected chi connectivity index (χ2v) is 8.56. The maximum Gasteiger partial charge on any atom is 0.261 e. The minimum Gasteiger partial charge on any atom is -0.321 e. The molecule has 0 bridgehead atoms. The van der Waals surface area contributed by atoms with E-state index in [-0.39, 0.29) is 10.9 Å². The Kier molecular flexibility index (Phi) is 5.25. The van der Waals surface area contributed by atoms with Crippen LogP contribution in [0, 0.1) is 0 Å². The Balaban J connectivity index is 1.74. The number of sulfonamides is 1. The molecule has 2 aromatic carbocycles. The molecule has 0 saturated carbocycles. The number of fused-ring (bicyclic) bond motifs is 1. The lowest BCUT2D eigenvalue weighted by molar-refractivity contribution is 0.601. The summed E-state index contributed by atoms with van der Waals surface area (Å²) in [5.74, 6) is 0. The first-order valence-electron chi connectivity index (χ1n) is 8.86. The molecular weight excluding hydrogens is 424 g/mol. The van der Waals surface area contributed by atoms with Gasteiger partial charge >= 0.3 is 0 Å². The summed E-state index contributed by atoms with van der Waals surface area (Å²) in [6, 6.07) is 14.2. The zero-order chi connectivity index (χ0) is 21.3. The van der Waals surface area contributed by atoms with Crippen LogP contribution in [-0.4, -0.2) is 28.4 Å². The number of aromatic nitrogens is 4. The summed E-state index contributed by atoms with van der Waals surface area (Å²) >= 11 is 6.16. The summed E-state index contributed by atoms with van der Waals surface area (Å²) in [6.45, 7) is 3.64. The van der Waals surface area contributed by atoms with Crippen LogP contribution in [0.2, 0.25) is 5.02 Å². The summed E-state index contributed by atoms with van der Waals surface area (Å²) in [6.07, 6.45) is 3.18. The Labute approximate surface area is 178 Å². The maximum atomic E-state index is 13.0. The lowest BCUT2D eigenvalue weighted by Crippen LogP contribution is -2.15. The highest BCUT2D eigenvalue weighted by Gasteiger charge is 2.19. The van der Waals surface area contributed by atoms with Gasteiger partial charge in [-0.3, -0.25) is 4.72 Å². The largest absolute Gasteiger partial charge is 0.321 e. The summed E-state index contributed by atoms with van der Waals surface area (Å²) in [5.41, 5.74) is 8.42. The van der Waals surface area contributed by atoms with Crippen LogP contribution in [0.3, 0.4) is 0 Å². The van der Waals surface area contributed by atoms with E-state index >= 15 is 0 Å². The van der Waals surface area contributed by atoms with Crippen molar-refractivity contribution in [3.63, 3.8) is 0 Å². The SMILES string of the molecule is C=CC(N)c1ccc(S(=O)(=O)Nc2ccc(Cl)cc2-n2nnc3ncccc32)cc1. The third kappa shape index (κ3) is 3.78. The molecule has 30 heavy (non-hydrogen) atoms. The molecule has 0 aliphatic rings. The molecule has 4 rings (SSSR count). The van der Waals surface area contributed by atoms with Gasteiger partial charge in [-0.1, -0.05) is 35.0 Å². The van der Waals surface area contributed by atoms with Crippen molar-refractivity contribution in [3.05, 3.63) is 84.0 Å². The van der Waals surface area contributed by atoms with E-state index in [0.29, 0.717) is 27.6 Å². The molecule has 152 valence electrons. The number of rotatable bonds is 6. The predicted molar refractivity (Wildman–Crippen MR) is 116 cm³/mol. The van der Waals surface area contributed by atoms with Crippen molar-refractivity contribution >= 4 is 38.5 Å². The highest BCUT2D eigenvalue weighted by molar-refractivity contribution is 7.92. The highest BCUT2D eigenvalue weighted by Crippen LogP contribution is 2.28. The van der Waals surface area contributed by atoms with Crippen molar-refractivity contribution < 1.29 is 8.42 Å². The molecule has 2 aromatic heterocycles. The number of hydrogen-bond donors (Lipinski definition) is 2. The van der Waals surface area contributed by atoms with Gasteiger partial charge in [0.05, 0.1) is 16.3 Å². The summed E-state index contributed by atoms with van der Waals surface area (Å²) in [4.78, 5) is 4.24. The van der Waals surface area contributed by atoms with E-state index in [1.807, 2.05) is 0 Å². The maximum absolute atomic E-state index is 13.0. The Morgan fingerprint density at radius 1 is 1.17 bits per heavy atom. The van der Waals surface area contributed by atoms with Gasteiger partial charge < -0.3 is 5.73 Å². The van der Waals surface area contributed by atoms with Crippen LogP contribution in [0.4, 0.5) is 5.69 Å². The van der Waals surface area contributed by atoms with Crippen LogP contribution in [-0.2, 0) is 10.0 Å². The topological polar surface area (TPSA) is 116 Å². The second kappa shape index (κ2) is 7.86. The molecule has 0 radical (unpaired) electrons. The fourth-order valence-corrected chi connectivity index (χ4v) is 4.16. The standard InChI is InChI=1S/C20H17ClN6O2S/c1-2-16(22)13-5-8-15(9-6-13)30(28,29)25-17-10-7-14(21)12-19(17)27-18-4-3-11-23-20(18)24-26-27/h2-12,16,25H,1,22H2. The van der Waals surface area contributed by atoms with E-state index in [4.69, 9.17) is 17.3 Å². The Bertz CT molecular complexity index is 1340. The van der Waals surface area contributed by atoms with Gasteiger partial charge in [0.1, 0.15) is 5.52 Å². The molecule has 1 unspecified atom stereocenters. The predicted octanol–water partition coefficient (Wildman–Crippen LogP) is 3.46. The first-order valence-corrected chi connectivity index (χ1v) is 10.7. The zero-order valence-electron chi connectivity index (χ0n) is 15.6. The molecule has 4 aromatic rings. The van der Waals surface area contributed by atoms with Crippen LogP contribution in [0.15, 0.2) is 78.3 Å². The van der Waals surface area contributed by atoms with E-state index < -0.39 is 10.0 Å². The van der Waals surface area contributed by atoms with E-state index in [1.165, 1.54) is 16.8 Å². The van der Waals surface area contributed by atoms with Gasteiger partial charge in [0.25, 0.3) is 10.0 Å². The molecule has 10 heteroatoms. The molecule has 0 amide bonds. The number of hydrogen-bond acceptors (Lipinski definition) is 6. The lowest BCUT2D eigenvalue weighted by Gasteiger charge is -2.14. The van der Waals surface area contributed by atoms with E-state index in [9.17, 15) is 8.42 Å². The van der Waals surface area contributed by atoms with E-state index in [2.05, 4.69) is 26.6 Å². The Morgan fingerprint density at radius 2 is 1.93 bits per heavy atom. The number of halogens is 1. The molecule has 0 aliphatic carbocycles. The minimum atomic E-state index is -3.88. The van der Waals surface area contributed by atoms with Crippen molar-refractivity contribution in [1.82, 2.24) is 20.0 Å². The average Bonchev–Trinajstić information content (AvgIpc) is 3.18. The first kappa shape index (κ1) is 20.0. The van der Waals surface area contributed by atoms with Crippen molar-refractivity contribution in [3.8, 4) is 5.69 Å². The fraction of sp³-hybridized carbons (Fsp3) is 0.0500. The Morgan fingerprint density at radius 3 is 2.67 bits per heavy atom. The quantitative estimate of drug-likeness (QED) is 0.443. The molecular formula is C20H17ClN6O2S.